The second-order valence-electron chi connectivity index (χ2n) is 5.02. The number of ether oxygens (including phenoxy) is 1. The maximum absolute atomic E-state index is 5.11. The molecule has 0 aliphatic rings. The van der Waals surface area contributed by atoms with Gasteiger partial charge < -0.3 is 10.1 Å². The van der Waals surface area contributed by atoms with E-state index < -0.39 is 0 Å². The fourth-order valence-electron chi connectivity index (χ4n) is 2.21. The highest BCUT2D eigenvalue weighted by molar-refractivity contribution is 5.22. The SMILES string of the molecule is COCc1ccc(CNCCCc2ccccc2)cc1. The molecule has 0 unspecified atom stereocenters. The summed E-state index contributed by atoms with van der Waals surface area (Å²) >= 11 is 0. The Balaban J connectivity index is 1.63. The standard InChI is InChI=1S/C18H23NO/c1-20-15-18-11-9-17(10-12-18)14-19-13-5-8-16-6-3-2-4-7-16/h2-4,6-7,9-12,19H,5,8,13-15H2,1H3. The van der Waals surface area contributed by atoms with Crippen molar-refractivity contribution >= 4 is 0 Å². The molecule has 0 aliphatic heterocycles. The van der Waals surface area contributed by atoms with Gasteiger partial charge in [-0.3, -0.25) is 0 Å². The van der Waals surface area contributed by atoms with Crippen LogP contribution >= 0.6 is 0 Å². The number of hydrogen-bond acceptors (Lipinski definition) is 2. The molecule has 2 aromatic rings. The lowest BCUT2D eigenvalue weighted by atomic mass is 10.1. The number of nitrogens with one attached hydrogen (secondary N) is 1. The summed E-state index contributed by atoms with van der Waals surface area (Å²) in [6.07, 6.45) is 2.31. The summed E-state index contributed by atoms with van der Waals surface area (Å²) in [6.45, 7) is 2.67. The summed E-state index contributed by atoms with van der Waals surface area (Å²) in [6, 6.07) is 19.2. The summed E-state index contributed by atoms with van der Waals surface area (Å²) in [7, 11) is 1.72. The second-order valence-corrected chi connectivity index (χ2v) is 5.02. The predicted molar refractivity (Wildman–Crippen MR) is 83.6 cm³/mol. The Hall–Kier alpha value is -1.64. The van der Waals surface area contributed by atoms with Crippen molar-refractivity contribution in [1.82, 2.24) is 5.32 Å². The molecule has 20 heavy (non-hydrogen) atoms. The molecule has 0 saturated carbocycles. The molecule has 0 aliphatic carbocycles. The van der Waals surface area contributed by atoms with Crippen LogP contribution in [0.4, 0.5) is 0 Å². The Morgan fingerprint density at radius 2 is 1.55 bits per heavy atom. The molecule has 0 fully saturated rings. The quantitative estimate of drug-likeness (QED) is 0.740. The van der Waals surface area contributed by atoms with Crippen LogP contribution in [0.15, 0.2) is 54.6 Å². The largest absolute Gasteiger partial charge is 0.380 e. The van der Waals surface area contributed by atoms with Crippen molar-refractivity contribution in [2.24, 2.45) is 0 Å². The van der Waals surface area contributed by atoms with Gasteiger partial charge >= 0.3 is 0 Å². The molecule has 0 amide bonds. The van der Waals surface area contributed by atoms with Crippen LogP contribution in [0.5, 0.6) is 0 Å². The Labute approximate surface area is 121 Å². The summed E-state index contributed by atoms with van der Waals surface area (Å²) < 4.78 is 5.11. The summed E-state index contributed by atoms with van der Waals surface area (Å²) in [5.74, 6) is 0. The van der Waals surface area contributed by atoms with Crippen molar-refractivity contribution in [3.63, 3.8) is 0 Å². The molecule has 0 heterocycles. The minimum atomic E-state index is 0.685. The lowest BCUT2D eigenvalue weighted by molar-refractivity contribution is 0.185. The van der Waals surface area contributed by atoms with Crippen LogP contribution < -0.4 is 5.32 Å². The third-order valence-electron chi connectivity index (χ3n) is 3.32. The average Bonchev–Trinajstić information content (AvgIpc) is 2.50. The van der Waals surface area contributed by atoms with E-state index in [9.17, 15) is 0 Å². The van der Waals surface area contributed by atoms with Crippen LogP contribution in [-0.4, -0.2) is 13.7 Å². The van der Waals surface area contributed by atoms with Gasteiger partial charge in [-0.25, -0.2) is 0 Å². The van der Waals surface area contributed by atoms with Crippen LogP contribution in [0.1, 0.15) is 23.1 Å². The van der Waals surface area contributed by atoms with Crippen molar-refractivity contribution < 1.29 is 4.74 Å². The highest BCUT2D eigenvalue weighted by Gasteiger charge is 1.95. The van der Waals surface area contributed by atoms with E-state index in [4.69, 9.17) is 4.74 Å². The van der Waals surface area contributed by atoms with Crippen molar-refractivity contribution in [3.05, 3.63) is 71.3 Å². The van der Waals surface area contributed by atoms with Crippen LogP contribution in [0.3, 0.4) is 0 Å². The van der Waals surface area contributed by atoms with Crippen molar-refractivity contribution in [3.8, 4) is 0 Å². The number of hydrogen-bond donors (Lipinski definition) is 1. The van der Waals surface area contributed by atoms with Gasteiger partial charge in [0, 0.05) is 13.7 Å². The Morgan fingerprint density at radius 3 is 2.25 bits per heavy atom. The minimum Gasteiger partial charge on any atom is -0.380 e. The number of benzene rings is 2. The number of methoxy groups -OCH3 is 1. The molecule has 0 saturated heterocycles. The third-order valence-corrected chi connectivity index (χ3v) is 3.32. The first-order valence-corrected chi connectivity index (χ1v) is 7.20. The first-order chi connectivity index (χ1) is 9.88. The summed E-state index contributed by atoms with van der Waals surface area (Å²) in [4.78, 5) is 0. The third kappa shape index (κ3) is 5.16. The maximum Gasteiger partial charge on any atom is 0.0713 e. The zero-order chi connectivity index (χ0) is 14.0. The summed E-state index contributed by atoms with van der Waals surface area (Å²) in [5.41, 5.74) is 3.96. The number of rotatable bonds is 8. The molecule has 0 radical (unpaired) electrons. The molecule has 2 rings (SSSR count). The van der Waals surface area contributed by atoms with E-state index in [2.05, 4.69) is 59.9 Å². The molecule has 2 nitrogen and oxygen atoms in total. The molecule has 0 spiro atoms. The van der Waals surface area contributed by atoms with Gasteiger partial charge in [-0.15, -0.1) is 0 Å². The summed E-state index contributed by atoms with van der Waals surface area (Å²) in [5, 5.41) is 3.49. The van der Waals surface area contributed by atoms with Gasteiger partial charge in [-0.2, -0.15) is 0 Å². The highest BCUT2D eigenvalue weighted by atomic mass is 16.5. The van der Waals surface area contributed by atoms with Crippen LogP contribution in [0.2, 0.25) is 0 Å². The molecule has 0 aromatic heterocycles. The predicted octanol–water partition coefficient (Wildman–Crippen LogP) is 3.56. The maximum atomic E-state index is 5.11. The zero-order valence-corrected chi connectivity index (χ0v) is 12.1. The van der Waals surface area contributed by atoms with E-state index >= 15 is 0 Å². The first kappa shape index (κ1) is 14.8. The highest BCUT2D eigenvalue weighted by Crippen LogP contribution is 2.05. The number of aryl methyl sites for hydroxylation is 1. The Kier molecular flexibility index (Phi) is 6.28. The fraction of sp³-hybridized carbons (Fsp3) is 0.333. The lowest BCUT2D eigenvalue weighted by Gasteiger charge is -2.06. The zero-order valence-electron chi connectivity index (χ0n) is 12.1. The molecule has 2 aromatic carbocycles. The molecule has 1 N–H and O–H groups in total. The second kappa shape index (κ2) is 8.51. The molecular weight excluding hydrogens is 246 g/mol. The van der Waals surface area contributed by atoms with E-state index in [1.807, 2.05) is 0 Å². The van der Waals surface area contributed by atoms with Crippen LogP contribution in [-0.2, 0) is 24.3 Å². The van der Waals surface area contributed by atoms with Crippen molar-refractivity contribution in [2.45, 2.75) is 26.0 Å². The minimum absolute atomic E-state index is 0.685. The molecule has 0 atom stereocenters. The van der Waals surface area contributed by atoms with Crippen LogP contribution in [0, 0.1) is 0 Å². The Bertz CT molecular complexity index is 479. The van der Waals surface area contributed by atoms with Gasteiger partial charge in [0.05, 0.1) is 6.61 Å². The van der Waals surface area contributed by atoms with E-state index in [1.54, 1.807) is 7.11 Å². The molecule has 106 valence electrons. The fourth-order valence-corrected chi connectivity index (χ4v) is 2.21. The van der Waals surface area contributed by atoms with Crippen molar-refractivity contribution in [1.29, 1.82) is 0 Å². The smallest absolute Gasteiger partial charge is 0.0713 e. The van der Waals surface area contributed by atoms with Gasteiger partial charge in [0.15, 0.2) is 0 Å². The molecule has 0 bridgehead atoms. The van der Waals surface area contributed by atoms with E-state index in [-0.39, 0.29) is 0 Å². The monoisotopic (exact) mass is 269 g/mol. The topological polar surface area (TPSA) is 21.3 Å². The normalized spacial score (nSPS) is 10.7. The molecular formula is C18H23NO. The average molecular weight is 269 g/mol. The van der Waals surface area contributed by atoms with Gasteiger partial charge in [0.1, 0.15) is 0 Å². The van der Waals surface area contributed by atoms with E-state index in [0.29, 0.717) is 6.61 Å². The van der Waals surface area contributed by atoms with E-state index in [0.717, 1.165) is 19.5 Å². The van der Waals surface area contributed by atoms with E-state index in [1.165, 1.54) is 23.1 Å². The lowest BCUT2D eigenvalue weighted by Crippen LogP contribution is -2.15. The first-order valence-electron chi connectivity index (χ1n) is 7.20. The van der Waals surface area contributed by atoms with Gasteiger partial charge in [0.25, 0.3) is 0 Å². The van der Waals surface area contributed by atoms with Gasteiger partial charge in [-0.05, 0) is 36.1 Å². The van der Waals surface area contributed by atoms with Gasteiger partial charge in [-0.1, -0.05) is 54.6 Å². The van der Waals surface area contributed by atoms with Crippen molar-refractivity contribution in [2.75, 3.05) is 13.7 Å². The van der Waals surface area contributed by atoms with Gasteiger partial charge in [0.2, 0.25) is 0 Å². The molecule has 2 heteroatoms. The Morgan fingerprint density at radius 1 is 0.850 bits per heavy atom. The van der Waals surface area contributed by atoms with Crippen LogP contribution in [0.25, 0.3) is 0 Å².